The predicted molar refractivity (Wildman–Crippen MR) is 82.2 cm³/mol. The molecule has 0 saturated carbocycles. The minimum Gasteiger partial charge on any atom is -0.500 e. The number of nitriles is 1. The van der Waals surface area contributed by atoms with Crippen molar-refractivity contribution in [1.82, 2.24) is 0 Å². The molecule has 1 aliphatic carbocycles. The zero-order valence-electron chi connectivity index (χ0n) is 13.4. The summed E-state index contributed by atoms with van der Waals surface area (Å²) < 4.78 is 21.4. The van der Waals surface area contributed by atoms with E-state index in [0.29, 0.717) is 17.2 Å². The van der Waals surface area contributed by atoms with Crippen LogP contribution in [0.4, 0.5) is 0 Å². The summed E-state index contributed by atoms with van der Waals surface area (Å²) in [6.45, 7) is 0. The highest BCUT2D eigenvalue weighted by atomic mass is 16.5. The molecule has 0 amide bonds. The molecule has 0 spiro atoms. The summed E-state index contributed by atoms with van der Waals surface area (Å²) in [5.41, 5.74) is 1.79. The maximum atomic E-state index is 9.34. The van der Waals surface area contributed by atoms with Gasteiger partial charge in [0.05, 0.1) is 40.1 Å². The maximum Gasteiger partial charge on any atom is 0.203 e. The Labute approximate surface area is 131 Å². The fourth-order valence-electron chi connectivity index (χ4n) is 2.92. The minimum absolute atomic E-state index is 0.169. The standard InChI is InChI=1S/C17H21NO4/c1-19-14-6-5-12(13(14)10-18)7-11-8-15(20-2)17(22-4)16(9-11)21-3/h8-9,12H,5-7H2,1-4H3. The van der Waals surface area contributed by atoms with Crippen molar-refractivity contribution in [2.24, 2.45) is 5.92 Å². The van der Waals surface area contributed by atoms with Gasteiger partial charge in [0, 0.05) is 12.3 Å². The second kappa shape index (κ2) is 7.08. The number of hydrogen-bond donors (Lipinski definition) is 0. The summed E-state index contributed by atoms with van der Waals surface area (Å²) in [7, 11) is 6.40. The number of methoxy groups -OCH3 is 4. The SMILES string of the molecule is COC1=C(C#N)C(Cc2cc(OC)c(OC)c(OC)c2)CC1. The second-order valence-electron chi connectivity index (χ2n) is 5.13. The normalized spacial score (nSPS) is 17.1. The lowest BCUT2D eigenvalue weighted by Gasteiger charge is -2.16. The van der Waals surface area contributed by atoms with Crippen molar-refractivity contribution in [2.45, 2.75) is 19.3 Å². The predicted octanol–water partition coefficient (Wildman–Crippen LogP) is 3.09. The number of benzene rings is 1. The lowest BCUT2D eigenvalue weighted by Crippen LogP contribution is -2.05. The zero-order chi connectivity index (χ0) is 16.1. The molecule has 0 aromatic heterocycles. The van der Waals surface area contributed by atoms with Crippen LogP contribution in [0, 0.1) is 17.2 Å². The number of hydrogen-bond acceptors (Lipinski definition) is 5. The molecular weight excluding hydrogens is 282 g/mol. The van der Waals surface area contributed by atoms with Gasteiger partial charge >= 0.3 is 0 Å². The second-order valence-corrected chi connectivity index (χ2v) is 5.13. The van der Waals surface area contributed by atoms with E-state index in [0.717, 1.165) is 36.2 Å². The van der Waals surface area contributed by atoms with Gasteiger partial charge in [-0.05, 0) is 30.5 Å². The van der Waals surface area contributed by atoms with Crippen molar-refractivity contribution >= 4 is 0 Å². The molecule has 118 valence electrons. The van der Waals surface area contributed by atoms with Crippen LogP contribution in [0.3, 0.4) is 0 Å². The smallest absolute Gasteiger partial charge is 0.203 e. The monoisotopic (exact) mass is 303 g/mol. The first-order chi connectivity index (χ1) is 10.7. The quantitative estimate of drug-likeness (QED) is 0.808. The van der Waals surface area contributed by atoms with E-state index in [2.05, 4.69) is 6.07 Å². The molecule has 1 atom stereocenters. The molecule has 0 saturated heterocycles. The van der Waals surface area contributed by atoms with Crippen molar-refractivity contribution in [3.63, 3.8) is 0 Å². The van der Waals surface area contributed by atoms with E-state index in [-0.39, 0.29) is 5.92 Å². The molecule has 1 aliphatic rings. The Morgan fingerprint density at radius 3 is 2.14 bits per heavy atom. The molecule has 1 aromatic carbocycles. The Morgan fingerprint density at radius 1 is 1.05 bits per heavy atom. The highest BCUT2D eigenvalue weighted by Crippen LogP contribution is 2.40. The lowest BCUT2D eigenvalue weighted by molar-refractivity contribution is 0.281. The summed E-state index contributed by atoms with van der Waals surface area (Å²) in [5.74, 6) is 2.81. The highest BCUT2D eigenvalue weighted by molar-refractivity contribution is 5.54. The molecule has 2 rings (SSSR count). The first-order valence-electron chi connectivity index (χ1n) is 7.14. The Morgan fingerprint density at radius 2 is 1.68 bits per heavy atom. The zero-order valence-corrected chi connectivity index (χ0v) is 13.4. The third kappa shape index (κ3) is 2.96. The lowest BCUT2D eigenvalue weighted by atomic mass is 9.93. The third-order valence-corrected chi connectivity index (χ3v) is 4.00. The molecule has 0 heterocycles. The van der Waals surface area contributed by atoms with Gasteiger partial charge < -0.3 is 18.9 Å². The number of allylic oxidation sites excluding steroid dienone is 2. The molecule has 5 heteroatoms. The van der Waals surface area contributed by atoms with Gasteiger partial charge in [-0.15, -0.1) is 0 Å². The molecule has 0 fully saturated rings. The minimum atomic E-state index is 0.169. The summed E-state index contributed by atoms with van der Waals surface area (Å²) in [6, 6.07) is 6.15. The van der Waals surface area contributed by atoms with Crippen LogP contribution in [-0.4, -0.2) is 28.4 Å². The summed E-state index contributed by atoms with van der Waals surface area (Å²) >= 11 is 0. The molecular formula is C17H21NO4. The fourth-order valence-corrected chi connectivity index (χ4v) is 2.92. The van der Waals surface area contributed by atoms with Gasteiger partial charge in [0.1, 0.15) is 5.76 Å². The van der Waals surface area contributed by atoms with Gasteiger partial charge in [-0.3, -0.25) is 0 Å². The third-order valence-electron chi connectivity index (χ3n) is 4.00. The first kappa shape index (κ1) is 16.0. The topological polar surface area (TPSA) is 60.7 Å². The molecule has 22 heavy (non-hydrogen) atoms. The van der Waals surface area contributed by atoms with Crippen molar-refractivity contribution < 1.29 is 18.9 Å². The van der Waals surface area contributed by atoms with Crippen LogP contribution in [0.5, 0.6) is 17.2 Å². The van der Waals surface area contributed by atoms with Crippen molar-refractivity contribution in [1.29, 1.82) is 5.26 Å². The van der Waals surface area contributed by atoms with Gasteiger partial charge in [0.2, 0.25) is 5.75 Å². The van der Waals surface area contributed by atoms with E-state index in [1.54, 1.807) is 28.4 Å². The van der Waals surface area contributed by atoms with Crippen LogP contribution in [-0.2, 0) is 11.2 Å². The van der Waals surface area contributed by atoms with E-state index < -0.39 is 0 Å². The van der Waals surface area contributed by atoms with Crippen LogP contribution in [0.25, 0.3) is 0 Å². The van der Waals surface area contributed by atoms with Crippen molar-refractivity contribution in [3.05, 3.63) is 29.0 Å². The number of ether oxygens (including phenoxy) is 4. The van der Waals surface area contributed by atoms with E-state index in [1.165, 1.54) is 0 Å². The van der Waals surface area contributed by atoms with E-state index in [9.17, 15) is 5.26 Å². The molecule has 0 bridgehead atoms. The van der Waals surface area contributed by atoms with E-state index in [1.807, 2.05) is 12.1 Å². The Bertz CT molecular complexity index is 591. The van der Waals surface area contributed by atoms with E-state index in [4.69, 9.17) is 18.9 Å². The average Bonchev–Trinajstić information content (AvgIpc) is 2.95. The van der Waals surface area contributed by atoms with Crippen LogP contribution in [0.15, 0.2) is 23.5 Å². The highest BCUT2D eigenvalue weighted by Gasteiger charge is 2.27. The summed E-state index contributed by atoms with van der Waals surface area (Å²) in [6.07, 6.45) is 2.48. The number of nitrogens with zero attached hydrogens (tertiary/aromatic N) is 1. The molecule has 0 aliphatic heterocycles. The number of rotatable bonds is 6. The van der Waals surface area contributed by atoms with Crippen molar-refractivity contribution in [3.8, 4) is 23.3 Å². The first-order valence-corrected chi connectivity index (χ1v) is 7.14. The van der Waals surface area contributed by atoms with Crippen molar-refractivity contribution in [2.75, 3.05) is 28.4 Å². The summed E-state index contributed by atoms with van der Waals surface area (Å²) in [4.78, 5) is 0. The van der Waals surface area contributed by atoms with E-state index >= 15 is 0 Å². The Kier molecular flexibility index (Phi) is 5.16. The summed E-state index contributed by atoms with van der Waals surface area (Å²) in [5, 5.41) is 9.34. The van der Waals surface area contributed by atoms with Gasteiger partial charge in [0.25, 0.3) is 0 Å². The van der Waals surface area contributed by atoms with Gasteiger partial charge in [-0.2, -0.15) is 5.26 Å². The maximum absolute atomic E-state index is 9.34. The molecule has 0 N–H and O–H groups in total. The fraction of sp³-hybridized carbons (Fsp3) is 0.471. The van der Waals surface area contributed by atoms with Gasteiger partial charge in [-0.25, -0.2) is 0 Å². The van der Waals surface area contributed by atoms with Crippen LogP contribution >= 0.6 is 0 Å². The Balaban J connectivity index is 2.31. The molecule has 1 aromatic rings. The average molecular weight is 303 g/mol. The van der Waals surface area contributed by atoms with Crippen LogP contribution in [0.2, 0.25) is 0 Å². The van der Waals surface area contributed by atoms with Gasteiger partial charge in [0.15, 0.2) is 11.5 Å². The largest absolute Gasteiger partial charge is 0.500 e. The Hall–Kier alpha value is -2.35. The van der Waals surface area contributed by atoms with Crippen LogP contribution in [0.1, 0.15) is 18.4 Å². The molecule has 1 unspecified atom stereocenters. The van der Waals surface area contributed by atoms with Crippen LogP contribution < -0.4 is 14.2 Å². The molecule has 0 radical (unpaired) electrons. The molecule has 5 nitrogen and oxygen atoms in total. The van der Waals surface area contributed by atoms with Gasteiger partial charge in [-0.1, -0.05) is 0 Å².